The van der Waals surface area contributed by atoms with E-state index in [-0.39, 0.29) is 17.5 Å². The van der Waals surface area contributed by atoms with E-state index in [4.69, 9.17) is 23.9 Å². The van der Waals surface area contributed by atoms with E-state index in [1.165, 1.54) is 12.7 Å². The first-order valence-corrected chi connectivity index (χ1v) is 14.3. The van der Waals surface area contributed by atoms with Gasteiger partial charge in [-0.05, 0) is 48.6 Å². The lowest BCUT2D eigenvalue weighted by molar-refractivity contribution is -0.119. The number of benzene rings is 2. The first kappa shape index (κ1) is 27.6. The van der Waals surface area contributed by atoms with Gasteiger partial charge in [-0.1, -0.05) is 36.4 Å². The van der Waals surface area contributed by atoms with E-state index in [0.29, 0.717) is 62.7 Å². The normalized spacial score (nSPS) is 15.9. The molecule has 0 bridgehead atoms. The minimum atomic E-state index is -0.531. The average Bonchev–Trinajstić information content (AvgIpc) is 3.67. The summed E-state index contributed by atoms with van der Waals surface area (Å²) >= 11 is 0. The Labute approximate surface area is 243 Å². The van der Waals surface area contributed by atoms with Gasteiger partial charge in [-0.15, -0.1) is 0 Å². The molecule has 1 fully saturated rings. The van der Waals surface area contributed by atoms with Gasteiger partial charge in [0.1, 0.15) is 18.9 Å². The standard InChI is InChI=1S/C32H34N4O6/c1-39-32(38)29-28(35-31(37)23-11-13-40-20-23)25-17-24(33-18-22-9-10-26-27(16-22)42-15-14-41-26)19-34-30(25)36(29)12-5-8-21-6-3-2-4-7-21/h2-4,6-7,9-10,16-17,19,23,33H,5,8,11-15,18,20H2,1H3,(H,35,37). The molecule has 4 aromatic rings. The average molecular weight is 571 g/mol. The number of amides is 1. The molecule has 2 N–H and O–H groups in total. The molecule has 4 heterocycles. The minimum Gasteiger partial charge on any atom is -0.486 e. The van der Waals surface area contributed by atoms with Crippen LogP contribution in [-0.4, -0.2) is 55.0 Å². The molecule has 10 nitrogen and oxygen atoms in total. The molecule has 0 aliphatic carbocycles. The second-order valence-electron chi connectivity index (χ2n) is 10.4. The summed E-state index contributed by atoms with van der Waals surface area (Å²) in [5.41, 5.74) is 4.26. The molecule has 218 valence electrons. The molecular weight excluding hydrogens is 536 g/mol. The van der Waals surface area contributed by atoms with Crippen LogP contribution in [0.5, 0.6) is 11.5 Å². The maximum Gasteiger partial charge on any atom is 0.356 e. The lowest BCUT2D eigenvalue weighted by Gasteiger charge is -2.19. The number of pyridine rings is 1. The number of rotatable bonds is 10. The number of hydrogen-bond acceptors (Lipinski definition) is 8. The summed E-state index contributed by atoms with van der Waals surface area (Å²) in [5.74, 6) is 0.471. The van der Waals surface area contributed by atoms with Crippen LogP contribution in [0, 0.1) is 5.92 Å². The highest BCUT2D eigenvalue weighted by molar-refractivity contribution is 6.11. The highest BCUT2D eigenvalue weighted by Crippen LogP contribution is 2.35. The highest BCUT2D eigenvalue weighted by Gasteiger charge is 2.30. The lowest BCUT2D eigenvalue weighted by atomic mass is 10.1. The molecule has 0 spiro atoms. The molecule has 10 heteroatoms. The molecule has 2 aromatic carbocycles. The number of anilines is 2. The molecule has 2 aliphatic heterocycles. The van der Waals surface area contributed by atoms with Crippen molar-refractivity contribution in [3.63, 3.8) is 0 Å². The van der Waals surface area contributed by atoms with Crippen LogP contribution in [0.15, 0.2) is 60.8 Å². The van der Waals surface area contributed by atoms with Crippen molar-refractivity contribution in [1.29, 1.82) is 0 Å². The van der Waals surface area contributed by atoms with Gasteiger partial charge in [-0.2, -0.15) is 0 Å². The van der Waals surface area contributed by atoms with Gasteiger partial charge in [-0.3, -0.25) is 4.79 Å². The van der Waals surface area contributed by atoms with Crippen LogP contribution in [0.4, 0.5) is 11.4 Å². The number of nitrogens with zero attached hydrogens (tertiary/aromatic N) is 2. The third kappa shape index (κ3) is 5.89. The SMILES string of the molecule is COC(=O)c1c(NC(=O)C2CCOC2)c2cc(NCc3ccc4c(c3)OCCO4)cnc2n1CCCc1ccccc1. The van der Waals surface area contributed by atoms with Gasteiger partial charge in [0.2, 0.25) is 5.91 Å². The van der Waals surface area contributed by atoms with Crippen molar-refractivity contribution in [2.75, 3.05) is 44.2 Å². The Bertz CT molecular complexity index is 1580. The summed E-state index contributed by atoms with van der Waals surface area (Å²) in [7, 11) is 1.35. The third-order valence-corrected chi connectivity index (χ3v) is 7.62. The van der Waals surface area contributed by atoms with Gasteiger partial charge < -0.3 is 34.1 Å². The van der Waals surface area contributed by atoms with Gasteiger partial charge in [0.25, 0.3) is 0 Å². The monoisotopic (exact) mass is 570 g/mol. The van der Waals surface area contributed by atoms with Crippen LogP contribution < -0.4 is 20.1 Å². The van der Waals surface area contributed by atoms with E-state index in [1.807, 2.05) is 47.0 Å². The van der Waals surface area contributed by atoms with E-state index >= 15 is 0 Å². The predicted molar refractivity (Wildman–Crippen MR) is 158 cm³/mol. The van der Waals surface area contributed by atoms with Crippen molar-refractivity contribution in [1.82, 2.24) is 9.55 Å². The van der Waals surface area contributed by atoms with E-state index in [2.05, 4.69) is 22.8 Å². The van der Waals surface area contributed by atoms with E-state index in [1.54, 1.807) is 6.20 Å². The molecule has 1 amide bonds. The Morgan fingerprint density at radius 2 is 1.86 bits per heavy atom. The number of nitrogens with one attached hydrogen (secondary N) is 2. The molecule has 1 unspecified atom stereocenters. The fourth-order valence-corrected chi connectivity index (χ4v) is 5.43. The summed E-state index contributed by atoms with van der Waals surface area (Å²) in [4.78, 5) is 31.2. The molecule has 2 aliphatic rings. The smallest absolute Gasteiger partial charge is 0.356 e. The summed E-state index contributed by atoms with van der Waals surface area (Å²) in [5, 5.41) is 7.11. The third-order valence-electron chi connectivity index (χ3n) is 7.62. The van der Waals surface area contributed by atoms with Crippen LogP contribution in [0.1, 0.15) is 34.5 Å². The van der Waals surface area contributed by atoms with Crippen molar-refractivity contribution < 1.29 is 28.5 Å². The fraction of sp³-hybridized carbons (Fsp3) is 0.344. The second-order valence-corrected chi connectivity index (χ2v) is 10.4. The first-order valence-electron chi connectivity index (χ1n) is 14.3. The summed E-state index contributed by atoms with van der Waals surface area (Å²) < 4.78 is 23.8. The number of aryl methyl sites for hydroxylation is 2. The number of methoxy groups -OCH3 is 1. The Morgan fingerprint density at radius 1 is 1.02 bits per heavy atom. The van der Waals surface area contributed by atoms with Gasteiger partial charge >= 0.3 is 5.97 Å². The van der Waals surface area contributed by atoms with Gasteiger partial charge in [0.05, 0.1) is 37.2 Å². The van der Waals surface area contributed by atoms with Crippen LogP contribution in [0.3, 0.4) is 0 Å². The van der Waals surface area contributed by atoms with Gasteiger partial charge in [0.15, 0.2) is 17.2 Å². The van der Waals surface area contributed by atoms with Crippen molar-refractivity contribution in [3.8, 4) is 11.5 Å². The summed E-state index contributed by atoms with van der Waals surface area (Å²) in [6, 6.07) is 18.0. The van der Waals surface area contributed by atoms with Crippen LogP contribution in [0.2, 0.25) is 0 Å². The number of fused-ring (bicyclic) bond motifs is 2. The number of ether oxygens (including phenoxy) is 4. The number of carbonyl (C=O) groups is 2. The number of esters is 1. The van der Waals surface area contributed by atoms with Gasteiger partial charge in [-0.25, -0.2) is 9.78 Å². The van der Waals surface area contributed by atoms with Gasteiger partial charge in [0, 0.05) is 25.1 Å². The number of hydrogen-bond donors (Lipinski definition) is 2. The molecule has 0 radical (unpaired) electrons. The van der Waals surface area contributed by atoms with E-state index in [0.717, 1.165) is 35.6 Å². The Morgan fingerprint density at radius 3 is 2.64 bits per heavy atom. The van der Waals surface area contributed by atoms with E-state index in [9.17, 15) is 9.59 Å². The van der Waals surface area contributed by atoms with E-state index < -0.39 is 5.97 Å². The predicted octanol–water partition coefficient (Wildman–Crippen LogP) is 4.81. The molecule has 42 heavy (non-hydrogen) atoms. The van der Waals surface area contributed by atoms with Crippen molar-refractivity contribution in [3.05, 3.63) is 77.6 Å². The van der Waals surface area contributed by atoms with Crippen molar-refractivity contribution >= 4 is 34.3 Å². The maximum atomic E-state index is 13.2. The maximum absolute atomic E-state index is 13.2. The number of aromatic nitrogens is 2. The van der Waals surface area contributed by atoms with Crippen molar-refractivity contribution in [2.45, 2.75) is 32.4 Å². The molecule has 6 rings (SSSR count). The minimum absolute atomic E-state index is 0.185. The highest BCUT2D eigenvalue weighted by atomic mass is 16.6. The fourth-order valence-electron chi connectivity index (χ4n) is 5.43. The zero-order valence-corrected chi connectivity index (χ0v) is 23.6. The zero-order chi connectivity index (χ0) is 28.9. The zero-order valence-electron chi connectivity index (χ0n) is 23.6. The largest absolute Gasteiger partial charge is 0.486 e. The second kappa shape index (κ2) is 12.5. The summed E-state index contributed by atoms with van der Waals surface area (Å²) in [6.45, 7) is 3.01. The molecule has 1 atom stereocenters. The molecule has 0 saturated carbocycles. The molecular formula is C32H34N4O6. The first-order chi connectivity index (χ1) is 20.6. The molecule has 2 aromatic heterocycles. The summed E-state index contributed by atoms with van der Waals surface area (Å²) in [6.07, 6.45) is 3.98. The topological polar surface area (TPSA) is 113 Å². The number of carbonyl (C=O) groups excluding carboxylic acids is 2. The quantitative estimate of drug-likeness (QED) is 0.261. The van der Waals surface area contributed by atoms with Crippen LogP contribution >= 0.6 is 0 Å². The Hall–Kier alpha value is -4.57. The Kier molecular flexibility index (Phi) is 8.23. The van der Waals surface area contributed by atoms with Crippen LogP contribution in [0.25, 0.3) is 11.0 Å². The Balaban J connectivity index is 1.32. The van der Waals surface area contributed by atoms with Crippen molar-refractivity contribution in [2.24, 2.45) is 5.92 Å². The van der Waals surface area contributed by atoms with Crippen LogP contribution in [-0.2, 0) is 33.8 Å². The lowest BCUT2D eigenvalue weighted by Crippen LogP contribution is -2.24. The molecule has 1 saturated heterocycles.